The van der Waals surface area contributed by atoms with Gasteiger partial charge in [-0.3, -0.25) is 4.48 Å². The van der Waals surface area contributed by atoms with Crippen molar-refractivity contribution in [2.45, 2.75) is 0 Å². The zero-order chi connectivity index (χ0) is 11.1. The van der Waals surface area contributed by atoms with Crippen molar-refractivity contribution in [3.63, 3.8) is 0 Å². The van der Waals surface area contributed by atoms with E-state index in [1.54, 1.807) is 6.08 Å². The molecule has 0 radical (unpaired) electrons. The Bertz CT molecular complexity index is 311. The Balaban J connectivity index is 2.90. The van der Waals surface area contributed by atoms with Crippen molar-refractivity contribution in [1.82, 2.24) is 4.48 Å². The lowest BCUT2D eigenvalue weighted by Crippen LogP contribution is -2.47. The summed E-state index contributed by atoms with van der Waals surface area (Å²) in [5.74, 6) is 0. The third kappa shape index (κ3) is 3.08. The number of rotatable bonds is 5. The summed E-state index contributed by atoms with van der Waals surface area (Å²) in [6.07, 6.45) is 2.75. The summed E-state index contributed by atoms with van der Waals surface area (Å²) in [7, 11) is 2.03. The van der Waals surface area contributed by atoms with Crippen molar-refractivity contribution in [3.8, 4) is 0 Å². The SMILES string of the molecule is C[N+](C/C=C\O)(CCO)c1ccccc1. The third-order valence-corrected chi connectivity index (χ3v) is 2.59. The average Bonchev–Trinajstić information content (AvgIpc) is 2.28. The van der Waals surface area contributed by atoms with Crippen LogP contribution in [0.1, 0.15) is 0 Å². The molecule has 3 heteroatoms. The first-order chi connectivity index (χ1) is 7.23. The van der Waals surface area contributed by atoms with E-state index in [-0.39, 0.29) is 6.61 Å². The van der Waals surface area contributed by atoms with Crippen molar-refractivity contribution < 1.29 is 10.2 Å². The normalized spacial score (nSPS) is 15.3. The standard InChI is InChI=1S/C12H17NO2/c1-13(9-11-15,8-5-10-14)12-6-3-2-4-7-12/h2-7,10,15H,8-9,11H2,1H3/p+1/b10-5-. The van der Waals surface area contributed by atoms with E-state index in [1.807, 2.05) is 37.4 Å². The van der Waals surface area contributed by atoms with Gasteiger partial charge in [0.1, 0.15) is 18.8 Å². The maximum atomic E-state index is 9.06. The van der Waals surface area contributed by atoms with Gasteiger partial charge >= 0.3 is 0 Å². The van der Waals surface area contributed by atoms with Gasteiger partial charge in [0.05, 0.1) is 19.9 Å². The fourth-order valence-corrected chi connectivity index (χ4v) is 1.61. The Hall–Kier alpha value is -1.32. The van der Waals surface area contributed by atoms with Gasteiger partial charge in [0, 0.05) is 6.08 Å². The molecule has 0 bridgehead atoms. The lowest BCUT2D eigenvalue weighted by Gasteiger charge is -2.32. The Morgan fingerprint density at radius 3 is 2.47 bits per heavy atom. The molecule has 2 N–H and O–H groups in total. The number of quaternary nitrogens is 1. The quantitative estimate of drug-likeness (QED) is 0.571. The van der Waals surface area contributed by atoms with Gasteiger partial charge in [-0.2, -0.15) is 0 Å². The van der Waals surface area contributed by atoms with Crippen molar-refractivity contribution >= 4 is 5.69 Å². The topological polar surface area (TPSA) is 40.5 Å². The Kier molecular flexibility index (Phi) is 4.34. The van der Waals surface area contributed by atoms with E-state index in [1.165, 1.54) is 0 Å². The highest BCUT2D eigenvalue weighted by molar-refractivity contribution is 5.42. The number of likely N-dealkylation sites (N-methyl/N-ethyl adjacent to an activating group) is 1. The molecule has 82 valence electrons. The molecule has 1 atom stereocenters. The number of nitrogens with zero attached hydrogens (tertiary/aromatic N) is 1. The molecule has 0 saturated heterocycles. The number of aliphatic hydroxyl groups is 2. The maximum absolute atomic E-state index is 9.06. The van der Waals surface area contributed by atoms with Gasteiger partial charge in [-0.05, 0) is 12.1 Å². The van der Waals surface area contributed by atoms with Gasteiger partial charge in [-0.25, -0.2) is 0 Å². The molecular formula is C12H18NO2+. The van der Waals surface area contributed by atoms with Gasteiger partial charge in [0.25, 0.3) is 0 Å². The van der Waals surface area contributed by atoms with Crippen molar-refractivity contribution in [2.24, 2.45) is 0 Å². The highest BCUT2D eigenvalue weighted by atomic mass is 16.3. The summed E-state index contributed by atoms with van der Waals surface area (Å²) in [5.41, 5.74) is 1.13. The van der Waals surface area contributed by atoms with E-state index >= 15 is 0 Å². The predicted molar refractivity (Wildman–Crippen MR) is 62.7 cm³/mol. The number of para-hydroxylation sites is 1. The van der Waals surface area contributed by atoms with Crippen LogP contribution in [0.3, 0.4) is 0 Å². The van der Waals surface area contributed by atoms with Crippen LogP contribution in [0.4, 0.5) is 5.69 Å². The fourth-order valence-electron chi connectivity index (χ4n) is 1.61. The van der Waals surface area contributed by atoms with Crippen LogP contribution in [0.2, 0.25) is 0 Å². The van der Waals surface area contributed by atoms with Crippen LogP contribution in [0, 0.1) is 0 Å². The molecule has 0 aliphatic carbocycles. The summed E-state index contributed by atoms with van der Waals surface area (Å²) in [5, 5.41) is 17.8. The molecule has 1 aromatic rings. The molecule has 1 aromatic carbocycles. The first-order valence-electron chi connectivity index (χ1n) is 5.03. The predicted octanol–water partition coefficient (Wildman–Crippen LogP) is 1.69. The second-order valence-electron chi connectivity index (χ2n) is 3.75. The van der Waals surface area contributed by atoms with Crippen LogP contribution in [-0.4, -0.2) is 37.0 Å². The van der Waals surface area contributed by atoms with Crippen LogP contribution in [-0.2, 0) is 0 Å². The number of hydrogen-bond donors (Lipinski definition) is 2. The first kappa shape index (κ1) is 11.8. The fraction of sp³-hybridized carbons (Fsp3) is 0.333. The molecule has 1 unspecified atom stereocenters. The van der Waals surface area contributed by atoms with Crippen molar-refractivity contribution in [2.75, 3.05) is 26.7 Å². The van der Waals surface area contributed by atoms with Gasteiger partial charge < -0.3 is 10.2 Å². The second-order valence-corrected chi connectivity index (χ2v) is 3.75. The molecule has 0 fully saturated rings. The van der Waals surface area contributed by atoms with Crippen LogP contribution >= 0.6 is 0 Å². The number of benzene rings is 1. The maximum Gasteiger partial charge on any atom is 0.132 e. The number of aliphatic hydroxyl groups excluding tert-OH is 2. The zero-order valence-electron chi connectivity index (χ0n) is 9.00. The van der Waals surface area contributed by atoms with Crippen LogP contribution in [0.15, 0.2) is 42.7 Å². The van der Waals surface area contributed by atoms with Gasteiger partial charge in [-0.1, -0.05) is 18.2 Å². The zero-order valence-corrected chi connectivity index (χ0v) is 9.00. The molecule has 3 nitrogen and oxygen atoms in total. The first-order valence-corrected chi connectivity index (χ1v) is 5.03. The molecule has 0 saturated carbocycles. The molecule has 0 spiro atoms. The molecule has 0 heterocycles. The minimum atomic E-state index is 0.130. The van der Waals surface area contributed by atoms with E-state index in [0.717, 1.165) is 11.9 Å². The molecule has 0 amide bonds. The summed E-state index contributed by atoms with van der Waals surface area (Å²) >= 11 is 0. The largest absolute Gasteiger partial charge is 0.516 e. The molecule has 0 aliphatic heterocycles. The van der Waals surface area contributed by atoms with Crippen molar-refractivity contribution in [3.05, 3.63) is 42.7 Å². The second kappa shape index (κ2) is 5.53. The summed E-state index contributed by atoms with van der Waals surface area (Å²) in [6.45, 7) is 1.43. The van der Waals surface area contributed by atoms with E-state index in [2.05, 4.69) is 0 Å². The third-order valence-electron chi connectivity index (χ3n) is 2.59. The van der Waals surface area contributed by atoms with Gasteiger partial charge in [-0.15, -0.1) is 0 Å². The van der Waals surface area contributed by atoms with E-state index in [4.69, 9.17) is 10.2 Å². The Morgan fingerprint density at radius 2 is 1.93 bits per heavy atom. The van der Waals surface area contributed by atoms with Gasteiger partial charge in [0.15, 0.2) is 0 Å². The van der Waals surface area contributed by atoms with Crippen molar-refractivity contribution in [1.29, 1.82) is 0 Å². The van der Waals surface area contributed by atoms with Crippen LogP contribution < -0.4 is 4.48 Å². The summed E-state index contributed by atoms with van der Waals surface area (Å²) in [4.78, 5) is 0. The van der Waals surface area contributed by atoms with E-state index < -0.39 is 0 Å². The smallest absolute Gasteiger partial charge is 0.132 e. The highest BCUT2D eigenvalue weighted by Crippen LogP contribution is 2.19. The molecule has 0 aromatic heterocycles. The summed E-state index contributed by atoms with van der Waals surface area (Å²) < 4.78 is 0.592. The monoisotopic (exact) mass is 208 g/mol. The number of hydrogen-bond acceptors (Lipinski definition) is 2. The lowest BCUT2D eigenvalue weighted by molar-refractivity contribution is 0.231. The minimum absolute atomic E-state index is 0.130. The lowest BCUT2D eigenvalue weighted by atomic mass is 10.2. The van der Waals surface area contributed by atoms with E-state index in [0.29, 0.717) is 17.6 Å². The van der Waals surface area contributed by atoms with E-state index in [9.17, 15) is 0 Å². The molecule has 0 aliphatic rings. The Labute approximate surface area is 90.5 Å². The molecular weight excluding hydrogens is 190 g/mol. The van der Waals surface area contributed by atoms with Crippen LogP contribution in [0.25, 0.3) is 0 Å². The molecule has 1 rings (SSSR count). The highest BCUT2D eigenvalue weighted by Gasteiger charge is 2.22. The van der Waals surface area contributed by atoms with Crippen LogP contribution in [0.5, 0.6) is 0 Å². The Morgan fingerprint density at radius 1 is 1.27 bits per heavy atom. The average molecular weight is 208 g/mol. The summed E-state index contributed by atoms with van der Waals surface area (Å²) in [6, 6.07) is 9.98. The van der Waals surface area contributed by atoms with Gasteiger partial charge in [0.2, 0.25) is 0 Å². The minimum Gasteiger partial charge on any atom is -0.516 e. The molecule has 15 heavy (non-hydrogen) atoms.